The van der Waals surface area contributed by atoms with Gasteiger partial charge in [-0.3, -0.25) is 4.79 Å². The number of fused-ring (bicyclic) bond motifs is 2. The number of rotatable bonds is 8. The summed E-state index contributed by atoms with van der Waals surface area (Å²) >= 11 is 0. The minimum atomic E-state index is -0.974. The molecule has 4 aromatic rings. The van der Waals surface area contributed by atoms with Gasteiger partial charge < -0.3 is 25.4 Å². The number of pyridine rings is 1. The molecule has 7 heteroatoms. The van der Waals surface area contributed by atoms with Gasteiger partial charge >= 0.3 is 5.97 Å². The first kappa shape index (κ1) is 20.6. The van der Waals surface area contributed by atoms with Crippen molar-refractivity contribution in [3.8, 4) is 5.75 Å². The first-order valence-corrected chi connectivity index (χ1v) is 9.86. The largest absolute Gasteiger partial charge is 0.489 e. The van der Waals surface area contributed by atoms with Crippen molar-refractivity contribution in [3.63, 3.8) is 0 Å². The Bertz CT molecular complexity index is 1220. The average Bonchev–Trinajstić information content (AvgIpc) is 2.78. The molecule has 1 unspecified atom stereocenters. The lowest BCUT2D eigenvalue weighted by molar-refractivity contribution is -0.136. The second kappa shape index (κ2) is 8.99. The van der Waals surface area contributed by atoms with E-state index in [0.29, 0.717) is 11.3 Å². The van der Waals surface area contributed by atoms with Gasteiger partial charge in [-0.25, -0.2) is 4.98 Å². The standard InChI is InChI=1S/C24H22N2O5/c27-13-17(28)14-31-21-7-3-5-19-23(18-4-1-2-6-20(18)26-24(19)21)25-16-10-8-15(9-11-16)12-22(29)30/h1-11,17,27-28H,12-14H2,(H,25,26)(H,29,30). The maximum absolute atomic E-state index is 10.9. The minimum absolute atomic E-state index is 0.0260. The Balaban J connectivity index is 1.78. The number of carboxylic acid groups (broad SMARTS) is 1. The Morgan fingerprint density at radius 2 is 1.74 bits per heavy atom. The number of carboxylic acids is 1. The fourth-order valence-electron chi connectivity index (χ4n) is 3.40. The molecule has 1 atom stereocenters. The van der Waals surface area contributed by atoms with E-state index in [-0.39, 0.29) is 19.6 Å². The van der Waals surface area contributed by atoms with E-state index < -0.39 is 12.1 Å². The highest BCUT2D eigenvalue weighted by atomic mass is 16.5. The van der Waals surface area contributed by atoms with Crippen LogP contribution in [0.15, 0.2) is 66.7 Å². The third kappa shape index (κ3) is 4.58. The summed E-state index contributed by atoms with van der Waals surface area (Å²) in [5.74, 6) is -0.360. The highest BCUT2D eigenvalue weighted by molar-refractivity contribution is 6.10. The van der Waals surface area contributed by atoms with Crippen LogP contribution in [0.1, 0.15) is 5.56 Å². The van der Waals surface area contributed by atoms with Crippen LogP contribution >= 0.6 is 0 Å². The molecule has 0 saturated carbocycles. The van der Waals surface area contributed by atoms with Crippen LogP contribution in [0, 0.1) is 0 Å². The second-order valence-corrected chi connectivity index (χ2v) is 7.20. The molecule has 0 spiro atoms. The lowest BCUT2D eigenvalue weighted by atomic mass is 10.1. The molecule has 1 heterocycles. The SMILES string of the molecule is O=C(O)Cc1ccc(Nc2c3ccccc3nc3c(OCC(O)CO)cccc23)cc1. The number of hydrogen-bond donors (Lipinski definition) is 4. The zero-order valence-corrected chi connectivity index (χ0v) is 16.7. The first-order chi connectivity index (χ1) is 15.0. The molecule has 0 bridgehead atoms. The summed E-state index contributed by atoms with van der Waals surface area (Å²) in [6.45, 7) is -0.427. The molecule has 0 amide bonds. The predicted molar refractivity (Wildman–Crippen MR) is 119 cm³/mol. The summed E-state index contributed by atoms with van der Waals surface area (Å²) in [6.07, 6.45) is -1.00. The lowest BCUT2D eigenvalue weighted by Crippen LogP contribution is -2.21. The summed E-state index contributed by atoms with van der Waals surface area (Å²) in [4.78, 5) is 15.7. The zero-order valence-electron chi connectivity index (χ0n) is 16.7. The molecule has 4 N–H and O–H groups in total. The van der Waals surface area contributed by atoms with Gasteiger partial charge in [-0.2, -0.15) is 0 Å². The minimum Gasteiger partial charge on any atom is -0.489 e. The zero-order chi connectivity index (χ0) is 21.8. The van der Waals surface area contributed by atoms with E-state index in [9.17, 15) is 9.90 Å². The van der Waals surface area contributed by atoms with Gasteiger partial charge in [0.05, 0.1) is 24.2 Å². The van der Waals surface area contributed by atoms with Gasteiger partial charge in [0, 0.05) is 16.5 Å². The van der Waals surface area contributed by atoms with E-state index in [1.807, 2.05) is 48.5 Å². The van der Waals surface area contributed by atoms with Gasteiger partial charge in [0.25, 0.3) is 0 Å². The van der Waals surface area contributed by atoms with E-state index in [4.69, 9.17) is 19.9 Å². The van der Waals surface area contributed by atoms with Crippen LogP contribution in [0.4, 0.5) is 11.4 Å². The number of nitrogens with zero attached hydrogens (tertiary/aromatic N) is 1. The van der Waals surface area contributed by atoms with Crippen LogP contribution in [-0.2, 0) is 11.2 Å². The average molecular weight is 418 g/mol. The van der Waals surface area contributed by atoms with Gasteiger partial charge in [-0.15, -0.1) is 0 Å². The number of aromatic nitrogens is 1. The van der Waals surface area contributed by atoms with E-state index >= 15 is 0 Å². The highest BCUT2D eigenvalue weighted by Gasteiger charge is 2.14. The van der Waals surface area contributed by atoms with Gasteiger partial charge in [-0.1, -0.05) is 42.5 Å². The maximum atomic E-state index is 10.9. The summed E-state index contributed by atoms with van der Waals surface area (Å²) in [5, 5.41) is 32.9. The van der Waals surface area contributed by atoms with Gasteiger partial charge in [0.2, 0.25) is 0 Å². The number of ether oxygens (including phenoxy) is 1. The molecule has 0 aliphatic heterocycles. The van der Waals surface area contributed by atoms with E-state index in [0.717, 1.165) is 33.2 Å². The summed E-state index contributed by atoms with van der Waals surface area (Å²) in [7, 11) is 0. The molecule has 0 radical (unpaired) electrons. The molecule has 0 saturated heterocycles. The van der Waals surface area contributed by atoms with Crippen LogP contribution < -0.4 is 10.1 Å². The van der Waals surface area contributed by atoms with Crippen LogP contribution in [0.2, 0.25) is 0 Å². The number of carbonyl (C=O) groups is 1. The number of hydrogen-bond acceptors (Lipinski definition) is 6. The fraction of sp³-hybridized carbons (Fsp3) is 0.167. The molecule has 7 nitrogen and oxygen atoms in total. The van der Waals surface area contributed by atoms with Gasteiger partial charge in [0.1, 0.15) is 24.0 Å². The molecule has 0 aliphatic rings. The van der Waals surface area contributed by atoms with E-state index in [2.05, 4.69) is 5.32 Å². The molecule has 158 valence electrons. The lowest BCUT2D eigenvalue weighted by Gasteiger charge is -2.16. The molecule has 3 aromatic carbocycles. The van der Waals surface area contributed by atoms with E-state index in [1.54, 1.807) is 18.2 Å². The quantitative estimate of drug-likeness (QED) is 0.324. The molecule has 31 heavy (non-hydrogen) atoms. The van der Waals surface area contributed by atoms with E-state index in [1.165, 1.54) is 0 Å². The third-order valence-electron chi connectivity index (χ3n) is 4.89. The third-order valence-corrected chi connectivity index (χ3v) is 4.89. The van der Waals surface area contributed by atoms with Crippen molar-refractivity contribution >= 4 is 39.1 Å². The number of nitrogens with one attached hydrogen (secondary N) is 1. The Hall–Kier alpha value is -3.68. The number of anilines is 2. The Morgan fingerprint density at radius 3 is 2.48 bits per heavy atom. The Labute approximate surface area is 178 Å². The van der Waals surface area contributed by atoms with Crippen molar-refractivity contribution in [1.29, 1.82) is 0 Å². The number of para-hydroxylation sites is 2. The van der Waals surface area contributed by atoms with Crippen molar-refractivity contribution in [1.82, 2.24) is 4.98 Å². The second-order valence-electron chi connectivity index (χ2n) is 7.20. The fourth-order valence-corrected chi connectivity index (χ4v) is 3.40. The van der Waals surface area contributed by atoms with Crippen molar-refractivity contribution in [2.75, 3.05) is 18.5 Å². The molecule has 0 fully saturated rings. The number of aliphatic hydroxyl groups excluding tert-OH is 2. The van der Waals surface area contributed by atoms with Crippen LogP contribution in [0.5, 0.6) is 5.75 Å². The maximum Gasteiger partial charge on any atom is 0.307 e. The normalized spacial score (nSPS) is 12.1. The summed E-state index contributed by atoms with van der Waals surface area (Å²) < 4.78 is 5.72. The molecular formula is C24H22N2O5. The van der Waals surface area contributed by atoms with Crippen LogP contribution in [-0.4, -0.2) is 45.6 Å². The summed E-state index contributed by atoms with van der Waals surface area (Å²) in [5.41, 5.74) is 3.80. The summed E-state index contributed by atoms with van der Waals surface area (Å²) in [6, 6.07) is 20.6. The van der Waals surface area contributed by atoms with Crippen LogP contribution in [0.25, 0.3) is 21.8 Å². The molecule has 0 aliphatic carbocycles. The topological polar surface area (TPSA) is 112 Å². The Kier molecular flexibility index (Phi) is 5.97. The van der Waals surface area contributed by atoms with Crippen molar-refractivity contribution in [3.05, 3.63) is 72.3 Å². The highest BCUT2D eigenvalue weighted by Crippen LogP contribution is 2.36. The Morgan fingerprint density at radius 1 is 1.00 bits per heavy atom. The number of aliphatic hydroxyl groups is 2. The predicted octanol–water partition coefficient (Wildman–Crippen LogP) is 3.49. The monoisotopic (exact) mass is 418 g/mol. The van der Waals surface area contributed by atoms with Gasteiger partial charge in [0.15, 0.2) is 0 Å². The molecular weight excluding hydrogens is 396 g/mol. The smallest absolute Gasteiger partial charge is 0.307 e. The molecule has 1 aromatic heterocycles. The molecule has 4 rings (SSSR count). The number of aliphatic carboxylic acids is 1. The van der Waals surface area contributed by atoms with Crippen molar-refractivity contribution in [2.24, 2.45) is 0 Å². The van der Waals surface area contributed by atoms with Crippen molar-refractivity contribution < 1.29 is 24.9 Å². The van der Waals surface area contributed by atoms with Gasteiger partial charge in [-0.05, 0) is 29.8 Å². The first-order valence-electron chi connectivity index (χ1n) is 9.86. The van der Waals surface area contributed by atoms with Crippen LogP contribution in [0.3, 0.4) is 0 Å². The number of benzene rings is 3. The van der Waals surface area contributed by atoms with Crippen molar-refractivity contribution in [2.45, 2.75) is 12.5 Å².